The lowest BCUT2D eigenvalue weighted by Gasteiger charge is -2.04. The van der Waals surface area contributed by atoms with Gasteiger partial charge in [0, 0.05) is 21.2 Å². The predicted octanol–water partition coefficient (Wildman–Crippen LogP) is 6.23. The van der Waals surface area contributed by atoms with Crippen LogP contribution in [0.1, 0.15) is 5.76 Å². The van der Waals surface area contributed by atoms with Crippen molar-refractivity contribution in [3.63, 3.8) is 0 Å². The van der Waals surface area contributed by atoms with Gasteiger partial charge in [-0.05, 0) is 42.5 Å². The number of nitrogens with zero attached hydrogens (tertiary/aromatic N) is 3. The van der Waals surface area contributed by atoms with Gasteiger partial charge in [0.15, 0.2) is 0 Å². The third-order valence-electron chi connectivity index (χ3n) is 4.03. The van der Waals surface area contributed by atoms with Crippen molar-refractivity contribution in [2.75, 3.05) is 5.73 Å². The van der Waals surface area contributed by atoms with Crippen molar-refractivity contribution < 1.29 is 4.42 Å². The Kier molecular flexibility index (Phi) is 5.13. The summed E-state index contributed by atoms with van der Waals surface area (Å²) in [7, 11) is 0. The minimum Gasteiger partial charge on any atom is -0.455 e. The van der Waals surface area contributed by atoms with Crippen molar-refractivity contribution in [3.8, 4) is 22.6 Å². The van der Waals surface area contributed by atoms with Crippen LogP contribution in [-0.4, -0.2) is 15.9 Å². The zero-order valence-electron chi connectivity index (χ0n) is 14.3. The topological polar surface area (TPSA) is 69.3 Å². The number of imidazole rings is 1. The average molecular weight is 432 g/mol. The van der Waals surface area contributed by atoms with E-state index in [2.05, 4.69) is 10.1 Å². The normalized spacial score (nSPS) is 11.4. The standard InChI is InChI=1S/C20H13Cl3N4O/c21-13-3-1-12(2-4-13)18-11-25-20(24)27(18)26-10-15-6-8-19(28-15)16-9-14(22)5-7-17(16)23/h1-11H,(H2,24,25). The van der Waals surface area contributed by atoms with E-state index in [0.717, 1.165) is 11.3 Å². The number of rotatable bonds is 4. The molecule has 0 fully saturated rings. The van der Waals surface area contributed by atoms with Gasteiger partial charge in [0.05, 0.1) is 23.1 Å². The molecule has 0 amide bonds. The molecular formula is C20H13Cl3N4O. The number of benzene rings is 2. The Balaban J connectivity index is 1.64. The summed E-state index contributed by atoms with van der Waals surface area (Å²) in [5.74, 6) is 1.37. The number of hydrogen-bond donors (Lipinski definition) is 1. The van der Waals surface area contributed by atoms with Crippen molar-refractivity contribution in [3.05, 3.63) is 81.6 Å². The summed E-state index contributed by atoms with van der Waals surface area (Å²) in [4.78, 5) is 4.13. The van der Waals surface area contributed by atoms with E-state index < -0.39 is 0 Å². The molecule has 0 saturated heterocycles. The molecule has 5 nitrogen and oxygen atoms in total. The second-order valence-electron chi connectivity index (χ2n) is 5.89. The molecule has 0 atom stereocenters. The van der Waals surface area contributed by atoms with Crippen LogP contribution in [0.2, 0.25) is 15.1 Å². The van der Waals surface area contributed by atoms with Gasteiger partial charge < -0.3 is 10.2 Å². The van der Waals surface area contributed by atoms with Crippen molar-refractivity contribution in [2.24, 2.45) is 5.10 Å². The zero-order chi connectivity index (χ0) is 19.7. The molecule has 8 heteroatoms. The molecule has 2 heterocycles. The molecule has 0 spiro atoms. The molecule has 0 aliphatic rings. The fraction of sp³-hybridized carbons (Fsp3) is 0. The lowest BCUT2D eigenvalue weighted by molar-refractivity contribution is 0.574. The maximum Gasteiger partial charge on any atom is 0.221 e. The highest BCUT2D eigenvalue weighted by Gasteiger charge is 2.11. The summed E-state index contributed by atoms with van der Waals surface area (Å²) in [6.07, 6.45) is 3.20. The zero-order valence-corrected chi connectivity index (χ0v) is 16.6. The van der Waals surface area contributed by atoms with E-state index in [1.807, 2.05) is 12.1 Å². The Hall–Kier alpha value is -2.73. The summed E-state index contributed by atoms with van der Waals surface area (Å²) in [5, 5.41) is 6.17. The SMILES string of the molecule is Nc1ncc(-c2ccc(Cl)cc2)n1N=Cc1ccc(-c2cc(Cl)ccc2Cl)o1. The maximum absolute atomic E-state index is 6.23. The van der Waals surface area contributed by atoms with Gasteiger partial charge in [-0.15, -0.1) is 0 Å². The Morgan fingerprint density at radius 1 is 0.964 bits per heavy atom. The first-order chi connectivity index (χ1) is 13.5. The molecule has 2 N–H and O–H groups in total. The summed E-state index contributed by atoms with van der Waals surface area (Å²) < 4.78 is 7.35. The summed E-state index contributed by atoms with van der Waals surface area (Å²) in [5.41, 5.74) is 8.28. The van der Waals surface area contributed by atoms with Gasteiger partial charge in [0.25, 0.3) is 0 Å². The third kappa shape index (κ3) is 3.78. The van der Waals surface area contributed by atoms with Crippen molar-refractivity contribution in [1.29, 1.82) is 0 Å². The molecule has 2 aromatic heterocycles. The van der Waals surface area contributed by atoms with Gasteiger partial charge in [-0.3, -0.25) is 0 Å². The number of nitrogens with two attached hydrogens (primary N) is 1. The van der Waals surface area contributed by atoms with Crippen LogP contribution in [0.3, 0.4) is 0 Å². The monoisotopic (exact) mass is 430 g/mol. The van der Waals surface area contributed by atoms with Crippen molar-refractivity contribution in [1.82, 2.24) is 9.66 Å². The number of nitrogen functional groups attached to an aromatic ring is 1. The van der Waals surface area contributed by atoms with Crippen LogP contribution in [0, 0.1) is 0 Å². The number of hydrogen-bond acceptors (Lipinski definition) is 4. The first-order valence-electron chi connectivity index (χ1n) is 8.20. The highest BCUT2D eigenvalue weighted by atomic mass is 35.5. The molecular weight excluding hydrogens is 419 g/mol. The Morgan fingerprint density at radius 2 is 1.71 bits per heavy atom. The molecule has 4 aromatic rings. The van der Waals surface area contributed by atoms with E-state index in [4.69, 9.17) is 45.0 Å². The number of halogens is 3. The number of aromatic nitrogens is 2. The van der Waals surface area contributed by atoms with Gasteiger partial charge in [-0.1, -0.05) is 46.9 Å². The summed E-state index contributed by atoms with van der Waals surface area (Å²) in [6.45, 7) is 0. The second-order valence-corrected chi connectivity index (χ2v) is 7.17. The molecule has 28 heavy (non-hydrogen) atoms. The molecule has 0 aliphatic heterocycles. The third-order valence-corrected chi connectivity index (χ3v) is 4.84. The fourth-order valence-electron chi connectivity index (χ4n) is 2.67. The van der Waals surface area contributed by atoms with Crippen LogP contribution >= 0.6 is 34.8 Å². The van der Waals surface area contributed by atoms with Gasteiger partial charge in [-0.25, -0.2) is 4.98 Å². The lowest BCUT2D eigenvalue weighted by atomic mass is 10.2. The first kappa shape index (κ1) is 18.6. The minimum atomic E-state index is 0.255. The maximum atomic E-state index is 6.23. The van der Waals surface area contributed by atoms with Crippen LogP contribution in [0.15, 0.2) is 70.3 Å². The highest BCUT2D eigenvalue weighted by Crippen LogP contribution is 2.31. The van der Waals surface area contributed by atoms with E-state index >= 15 is 0 Å². The number of anilines is 1. The van der Waals surface area contributed by atoms with Crippen LogP contribution in [-0.2, 0) is 0 Å². The van der Waals surface area contributed by atoms with Crippen LogP contribution < -0.4 is 5.73 Å². The van der Waals surface area contributed by atoms with E-state index in [9.17, 15) is 0 Å². The van der Waals surface area contributed by atoms with Crippen LogP contribution in [0.4, 0.5) is 5.95 Å². The molecule has 0 saturated carbocycles. The quantitative estimate of drug-likeness (QED) is 0.389. The molecule has 140 valence electrons. The van der Waals surface area contributed by atoms with E-state index in [-0.39, 0.29) is 5.95 Å². The first-order valence-corrected chi connectivity index (χ1v) is 9.33. The Labute approximate surface area is 176 Å². The van der Waals surface area contributed by atoms with E-state index in [1.54, 1.807) is 54.9 Å². The van der Waals surface area contributed by atoms with Crippen molar-refractivity contribution >= 4 is 47.0 Å². The lowest BCUT2D eigenvalue weighted by Crippen LogP contribution is -1.99. The van der Waals surface area contributed by atoms with E-state index in [1.165, 1.54) is 4.68 Å². The molecule has 0 radical (unpaired) electrons. The fourth-order valence-corrected chi connectivity index (χ4v) is 3.18. The largest absolute Gasteiger partial charge is 0.455 e. The van der Waals surface area contributed by atoms with Crippen molar-refractivity contribution in [2.45, 2.75) is 0 Å². The number of furan rings is 1. The molecule has 2 aromatic carbocycles. The average Bonchev–Trinajstić information content (AvgIpc) is 3.29. The molecule has 0 bridgehead atoms. The Bertz CT molecular complexity index is 1160. The van der Waals surface area contributed by atoms with Crippen LogP contribution in [0.25, 0.3) is 22.6 Å². The van der Waals surface area contributed by atoms with Gasteiger partial charge in [0.2, 0.25) is 5.95 Å². The Morgan fingerprint density at radius 3 is 2.50 bits per heavy atom. The second kappa shape index (κ2) is 7.72. The summed E-state index contributed by atoms with van der Waals surface area (Å²) in [6, 6.07) is 16.1. The smallest absolute Gasteiger partial charge is 0.221 e. The highest BCUT2D eigenvalue weighted by molar-refractivity contribution is 6.35. The predicted molar refractivity (Wildman–Crippen MR) is 114 cm³/mol. The van der Waals surface area contributed by atoms with Gasteiger partial charge in [-0.2, -0.15) is 9.78 Å². The van der Waals surface area contributed by atoms with E-state index in [0.29, 0.717) is 32.2 Å². The van der Waals surface area contributed by atoms with Gasteiger partial charge in [0.1, 0.15) is 11.5 Å². The molecule has 4 rings (SSSR count). The summed E-state index contributed by atoms with van der Waals surface area (Å²) >= 11 is 18.2. The molecule has 0 aliphatic carbocycles. The van der Waals surface area contributed by atoms with Gasteiger partial charge >= 0.3 is 0 Å². The minimum absolute atomic E-state index is 0.255. The molecule has 0 unspecified atom stereocenters. The van der Waals surface area contributed by atoms with Crippen LogP contribution in [0.5, 0.6) is 0 Å².